The Morgan fingerprint density at radius 1 is 0.478 bits per heavy atom. The van der Waals surface area contributed by atoms with Gasteiger partial charge in [-0.25, -0.2) is 4.79 Å². The van der Waals surface area contributed by atoms with Crippen LogP contribution in [-0.4, -0.2) is 145 Å². The molecule has 0 saturated heterocycles. The van der Waals surface area contributed by atoms with Gasteiger partial charge < -0.3 is 57.4 Å². The van der Waals surface area contributed by atoms with Crippen molar-refractivity contribution in [2.45, 2.75) is 32.8 Å². The summed E-state index contributed by atoms with van der Waals surface area (Å²) < 4.78 is 59.8. The minimum absolute atomic E-state index is 0.240. The zero-order chi connectivity index (χ0) is 32.9. The van der Waals surface area contributed by atoms with Gasteiger partial charge in [0.25, 0.3) is 0 Å². The summed E-state index contributed by atoms with van der Waals surface area (Å²) in [6, 6.07) is 9.51. The Hall–Kier alpha value is -1.91. The molecule has 1 N–H and O–H groups in total. The molecule has 13 heteroatoms. The van der Waals surface area contributed by atoms with E-state index in [0.717, 1.165) is 18.6 Å². The predicted octanol–water partition coefficient (Wildman–Crippen LogP) is 3.27. The van der Waals surface area contributed by atoms with E-state index < -0.39 is 6.09 Å². The van der Waals surface area contributed by atoms with Crippen molar-refractivity contribution in [2.75, 3.05) is 139 Å². The van der Waals surface area contributed by atoms with Gasteiger partial charge in [0.15, 0.2) is 0 Å². The fourth-order valence-electron chi connectivity index (χ4n) is 3.53. The molecular weight excluding hydrogens is 602 g/mol. The van der Waals surface area contributed by atoms with Gasteiger partial charge in [0.05, 0.1) is 126 Å². The number of unbranched alkanes of at least 4 members (excludes halogenated alkanes) is 2. The minimum atomic E-state index is -0.467. The van der Waals surface area contributed by atoms with Crippen LogP contribution in [0, 0.1) is 0 Å². The molecule has 0 radical (unpaired) electrons. The molecule has 0 heterocycles. The first-order chi connectivity index (χ1) is 22.8. The highest BCUT2D eigenvalue weighted by Gasteiger charge is 2.02. The lowest BCUT2D eigenvalue weighted by molar-refractivity contribution is -0.0264. The van der Waals surface area contributed by atoms with Crippen molar-refractivity contribution in [1.82, 2.24) is 5.32 Å². The van der Waals surface area contributed by atoms with Gasteiger partial charge in [0.1, 0.15) is 6.61 Å². The van der Waals surface area contributed by atoms with Crippen LogP contribution in [0.5, 0.6) is 0 Å². The molecule has 1 rings (SSSR count). The number of carbonyl (C=O) groups is 1. The lowest BCUT2D eigenvalue weighted by Crippen LogP contribution is -2.28. The van der Waals surface area contributed by atoms with Crippen LogP contribution < -0.4 is 5.32 Å². The first kappa shape index (κ1) is 42.1. The van der Waals surface area contributed by atoms with Gasteiger partial charge in [0.2, 0.25) is 0 Å². The molecule has 0 atom stereocenters. The number of hydrogen-bond acceptors (Lipinski definition) is 12. The summed E-state index contributed by atoms with van der Waals surface area (Å²) in [5, 5.41) is 2.64. The largest absolute Gasteiger partial charge is 0.445 e. The molecule has 0 saturated carbocycles. The van der Waals surface area contributed by atoms with Gasteiger partial charge >= 0.3 is 6.09 Å². The van der Waals surface area contributed by atoms with E-state index in [1.807, 2.05) is 30.3 Å². The number of alkyl carbamates (subject to hydrolysis) is 1. The van der Waals surface area contributed by atoms with Crippen molar-refractivity contribution in [2.24, 2.45) is 0 Å². The van der Waals surface area contributed by atoms with Crippen LogP contribution in [0.1, 0.15) is 31.7 Å². The molecular formula is C33H59NO12. The molecule has 1 aromatic carbocycles. The van der Waals surface area contributed by atoms with E-state index in [1.54, 1.807) is 0 Å². The molecule has 0 aliphatic rings. The van der Waals surface area contributed by atoms with Gasteiger partial charge in [-0.15, -0.1) is 0 Å². The average molecular weight is 662 g/mol. The van der Waals surface area contributed by atoms with Crippen LogP contribution in [0.15, 0.2) is 30.3 Å². The van der Waals surface area contributed by atoms with E-state index in [-0.39, 0.29) is 6.61 Å². The molecule has 0 spiro atoms. The Morgan fingerprint density at radius 3 is 1.20 bits per heavy atom. The Morgan fingerprint density at radius 2 is 0.826 bits per heavy atom. The monoisotopic (exact) mass is 661 g/mol. The summed E-state index contributed by atoms with van der Waals surface area (Å²) in [5.74, 6) is 0. The van der Waals surface area contributed by atoms with Crippen molar-refractivity contribution in [1.29, 1.82) is 0 Å². The molecule has 46 heavy (non-hydrogen) atoms. The zero-order valence-corrected chi connectivity index (χ0v) is 28.0. The van der Waals surface area contributed by atoms with Crippen molar-refractivity contribution in [3.8, 4) is 0 Å². The fourth-order valence-corrected chi connectivity index (χ4v) is 3.53. The normalized spacial score (nSPS) is 11.2. The van der Waals surface area contributed by atoms with Crippen LogP contribution in [0.4, 0.5) is 4.79 Å². The molecule has 0 unspecified atom stereocenters. The Kier molecular flexibility index (Phi) is 32.9. The molecule has 0 aliphatic carbocycles. The van der Waals surface area contributed by atoms with E-state index in [4.69, 9.17) is 52.1 Å². The second-order valence-electron chi connectivity index (χ2n) is 9.82. The fraction of sp³-hybridized carbons (Fsp3) is 0.788. The second kappa shape index (κ2) is 35.9. The molecule has 13 nitrogen and oxygen atoms in total. The Balaban J connectivity index is 1.64. The molecule has 1 aromatic rings. The Bertz CT molecular complexity index is 747. The van der Waals surface area contributed by atoms with Gasteiger partial charge in [-0.3, -0.25) is 0 Å². The third-order valence-corrected chi connectivity index (χ3v) is 5.97. The summed E-state index contributed by atoms with van der Waals surface area (Å²) in [6.45, 7) is 13.3. The number of benzene rings is 1. The number of nitrogens with one attached hydrogen (secondary N) is 1. The predicted molar refractivity (Wildman–Crippen MR) is 172 cm³/mol. The van der Waals surface area contributed by atoms with Gasteiger partial charge in [0, 0.05) is 13.2 Å². The summed E-state index contributed by atoms with van der Waals surface area (Å²) in [4.78, 5) is 11.6. The SMILES string of the molecule is CCCCCOCCOCCOCCOCCOCCOCCOCCOCCOCCOCCNC(=O)OCc1ccccc1. The van der Waals surface area contributed by atoms with Crippen LogP contribution in [0.25, 0.3) is 0 Å². The average Bonchev–Trinajstić information content (AvgIpc) is 3.08. The minimum Gasteiger partial charge on any atom is -0.445 e. The van der Waals surface area contributed by atoms with Crippen molar-refractivity contribution in [3.63, 3.8) is 0 Å². The number of amides is 1. The van der Waals surface area contributed by atoms with Crippen molar-refractivity contribution >= 4 is 6.09 Å². The standard InChI is InChI=1S/C33H59NO12/c1-2-3-7-11-36-13-15-38-17-19-40-21-23-42-25-27-44-29-30-45-28-26-43-24-22-41-20-18-39-16-14-37-12-10-34-33(35)46-31-32-8-5-4-6-9-32/h4-6,8-9H,2-3,7,10-31H2,1H3,(H,34,35). The molecule has 1 amide bonds. The second-order valence-corrected chi connectivity index (χ2v) is 9.82. The van der Waals surface area contributed by atoms with Crippen LogP contribution >= 0.6 is 0 Å². The van der Waals surface area contributed by atoms with E-state index >= 15 is 0 Å². The van der Waals surface area contributed by atoms with Crippen LogP contribution in [0.2, 0.25) is 0 Å². The first-order valence-corrected chi connectivity index (χ1v) is 16.5. The molecule has 0 bridgehead atoms. The molecule has 0 aliphatic heterocycles. The zero-order valence-electron chi connectivity index (χ0n) is 28.0. The smallest absolute Gasteiger partial charge is 0.407 e. The summed E-state index contributed by atoms with van der Waals surface area (Å²) in [7, 11) is 0. The number of rotatable bonds is 36. The summed E-state index contributed by atoms with van der Waals surface area (Å²) in [5.41, 5.74) is 0.940. The summed E-state index contributed by atoms with van der Waals surface area (Å²) in [6.07, 6.45) is 3.07. The Labute approximate surface area is 275 Å². The third kappa shape index (κ3) is 32.0. The summed E-state index contributed by atoms with van der Waals surface area (Å²) >= 11 is 0. The lowest BCUT2D eigenvalue weighted by atomic mass is 10.2. The van der Waals surface area contributed by atoms with E-state index in [2.05, 4.69) is 12.2 Å². The lowest BCUT2D eigenvalue weighted by Gasteiger charge is -2.09. The molecule has 0 fully saturated rings. The maximum atomic E-state index is 11.6. The highest BCUT2D eigenvalue weighted by Crippen LogP contribution is 2.00. The number of ether oxygens (including phenoxy) is 11. The van der Waals surface area contributed by atoms with Crippen molar-refractivity contribution < 1.29 is 56.9 Å². The highest BCUT2D eigenvalue weighted by molar-refractivity contribution is 5.67. The van der Waals surface area contributed by atoms with E-state index in [0.29, 0.717) is 132 Å². The van der Waals surface area contributed by atoms with Gasteiger partial charge in [-0.1, -0.05) is 50.1 Å². The van der Waals surface area contributed by atoms with Crippen LogP contribution in [0.3, 0.4) is 0 Å². The van der Waals surface area contributed by atoms with Crippen LogP contribution in [-0.2, 0) is 58.7 Å². The third-order valence-electron chi connectivity index (χ3n) is 5.97. The van der Waals surface area contributed by atoms with Crippen molar-refractivity contribution in [3.05, 3.63) is 35.9 Å². The molecule has 268 valence electrons. The molecule has 0 aromatic heterocycles. The van der Waals surface area contributed by atoms with Gasteiger partial charge in [-0.05, 0) is 12.0 Å². The quantitative estimate of drug-likeness (QED) is 0.106. The highest BCUT2D eigenvalue weighted by atomic mass is 16.6. The number of carbonyl (C=O) groups excluding carboxylic acids is 1. The topological polar surface area (TPSA) is 131 Å². The van der Waals surface area contributed by atoms with E-state index in [9.17, 15) is 4.79 Å². The van der Waals surface area contributed by atoms with E-state index in [1.165, 1.54) is 12.8 Å². The maximum absolute atomic E-state index is 11.6. The van der Waals surface area contributed by atoms with Gasteiger partial charge in [-0.2, -0.15) is 0 Å². The first-order valence-electron chi connectivity index (χ1n) is 16.5. The number of hydrogen-bond donors (Lipinski definition) is 1. The maximum Gasteiger partial charge on any atom is 0.407 e.